The van der Waals surface area contributed by atoms with Crippen LogP contribution in [0.2, 0.25) is 0 Å². The summed E-state index contributed by atoms with van der Waals surface area (Å²) < 4.78 is 5.16. The molecule has 6 nitrogen and oxygen atoms in total. The molecule has 5 rings (SSSR count). The zero-order valence-electron chi connectivity index (χ0n) is 18.2. The zero-order chi connectivity index (χ0) is 21.8. The maximum absolute atomic E-state index is 12.8. The molecule has 0 spiro atoms. The van der Waals surface area contributed by atoms with Crippen LogP contribution in [-0.2, 0) is 14.3 Å². The summed E-state index contributed by atoms with van der Waals surface area (Å²) in [6, 6.07) is 7.08. The Morgan fingerprint density at radius 1 is 1.03 bits per heavy atom. The average molecular weight is 445 g/mol. The van der Waals surface area contributed by atoms with Crippen LogP contribution >= 0.6 is 11.8 Å². The minimum atomic E-state index is -0.545. The molecule has 0 aliphatic heterocycles. The summed E-state index contributed by atoms with van der Waals surface area (Å²) in [6.07, 6.45) is 8.22. The normalized spacial score (nSPS) is 28.2. The minimum absolute atomic E-state index is 0.00328. The van der Waals surface area contributed by atoms with Crippen LogP contribution in [-0.4, -0.2) is 42.2 Å². The van der Waals surface area contributed by atoms with Gasteiger partial charge in [0.1, 0.15) is 0 Å². The van der Waals surface area contributed by atoms with E-state index in [2.05, 4.69) is 10.6 Å². The second-order valence-corrected chi connectivity index (χ2v) is 10.5. The molecule has 4 aliphatic rings. The van der Waals surface area contributed by atoms with Crippen molar-refractivity contribution in [2.24, 2.45) is 17.8 Å². The molecule has 0 atom stereocenters. The lowest BCUT2D eigenvalue weighted by Gasteiger charge is -2.56. The van der Waals surface area contributed by atoms with E-state index < -0.39 is 5.97 Å². The van der Waals surface area contributed by atoms with E-state index in [0.717, 1.165) is 43.4 Å². The van der Waals surface area contributed by atoms with Gasteiger partial charge in [0.2, 0.25) is 5.91 Å². The number of amides is 2. The maximum Gasteiger partial charge on any atom is 0.339 e. The monoisotopic (exact) mass is 444 g/mol. The van der Waals surface area contributed by atoms with Gasteiger partial charge in [0.25, 0.3) is 5.91 Å². The van der Waals surface area contributed by atoms with Crippen LogP contribution in [0, 0.1) is 17.8 Å². The van der Waals surface area contributed by atoms with E-state index in [1.165, 1.54) is 31.0 Å². The number of rotatable bonds is 9. The van der Waals surface area contributed by atoms with Crippen LogP contribution in [0.25, 0.3) is 0 Å². The van der Waals surface area contributed by atoms with E-state index in [-0.39, 0.29) is 29.7 Å². The van der Waals surface area contributed by atoms with Crippen molar-refractivity contribution in [1.82, 2.24) is 10.6 Å². The van der Waals surface area contributed by atoms with Crippen molar-refractivity contribution in [3.8, 4) is 0 Å². The van der Waals surface area contributed by atoms with Crippen LogP contribution in [0.3, 0.4) is 0 Å². The van der Waals surface area contributed by atoms with Crippen molar-refractivity contribution in [2.75, 3.05) is 18.9 Å². The topological polar surface area (TPSA) is 84.5 Å². The Labute approximate surface area is 188 Å². The highest BCUT2D eigenvalue weighted by molar-refractivity contribution is 8.00. The Balaban J connectivity index is 1.30. The Kier molecular flexibility index (Phi) is 6.89. The third-order valence-electron chi connectivity index (χ3n) is 6.82. The number of carbonyl (C=O) groups excluding carboxylic acids is 3. The summed E-state index contributed by atoms with van der Waals surface area (Å²) in [5, 5.41) is 6.06. The van der Waals surface area contributed by atoms with Gasteiger partial charge in [0, 0.05) is 17.0 Å². The molecule has 0 unspecified atom stereocenters. The molecule has 1 aromatic carbocycles. The highest BCUT2D eigenvalue weighted by Crippen LogP contribution is 2.55. The van der Waals surface area contributed by atoms with E-state index >= 15 is 0 Å². The van der Waals surface area contributed by atoms with Gasteiger partial charge in [-0.15, -0.1) is 11.8 Å². The highest BCUT2D eigenvalue weighted by Gasteiger charge is 2.51. The molecular weight excluding hydrogens is 412 g/mol. The minimum Gasteiger partial charge on any atom is -0.452 e. The van der Waals surface area contributed by atoms with E-state index in [1.807, 2.05) is 19.1 Å². The van der Waals surface area contributed by atoms with Gasteiger partial charge in [0.05, 0.1) is 11.3 Å². The number of ether oxygens (including phenoxy) is 1. The summed E-state index contributed by atoms with van der Waals surface area (Å²) >= 11 is 1.35. The van der Waals surface area contributed by atoms with Gasteiger partial charge < -0.3 is 15.4 Å². The molecule has 1 aromatic rings. The van der Waals surface area contributed by atoms with Crippen molar-refractivity contribution < 1.29 is 19.1 Å². The number of benzene rings is 1. The third-order valence-corrected chi connectivity index (χ3v) is 7.89. The lowest BCUT2D eigenvalue weighted by molar-refractivity contribution is -0.125. The Bertz CT molecular complexity index is 805. The molecule has 4 aliphatic carbocycles. The first kappa shape index (κ1) is 22.2. The van der Waals surface area contributed by atoms with Crippen molar-refractivity contribution in [3.05, 3.63) is 29.8 Å². The molecular formula is C24H32N2O4S. The number of hydrogen-bond acceptors (Lipinski definition) is 5. The predicted octanol–water partition coefficient (Wildman–Crippen LogP) is 3.55. The third kappa shape index (κ3) is 5.43. The van der Waals surface area contributed by atoms with E-state index in [1.54, 1.807) is 12.1 Å². The van der Waals surface area contributed by atoms with Crippen molar-refractivity contribution in [3.63, 3.8) is 0 Å². The quantitative estimate of drug-likeness (QED) is 0.450. The number of thioether (sulfide) groups is 1. The van der Waals surface area contributed by atoms with Crippen LogP contribution < -0.4 is 10.6 Å². The molecule has 4 fully saturated rings. The van der Waals surface area contributed by atoms with Crippen LogP contribution in [0.1, 0.15) is 62.2 Å². The number of nitrogens with one attached hydrogen (secondary N) is 2. The summed E-state index contributed by atoms with van der Waals surface area (Å²) in [4.78, 5) is 37.7. The molecule has 2 N–H and O–H groups in total. The van der Waals surface area contributed by atoms with Gasteiger partial charge in [-0.3, -0.25) is 9.59 Å². The standard InChI is InChI=1S/C24H32N2O4S/c1-2-7-25-21(27)14-30-23(29)19-5-3-4-6-20(19)31-15-22(28)26-24-11-16-8-17(12-24)10-18(9-16)13-24/h3-6,16-18H,2,7-15H2,1H3,(H,25,27)(H,26,28). The molecule has 168 valence electrons. The Morgan fingerprint density at radius 3 is 2.32 bits per heavy atom. The second-order valence-electron chi connectivity index (χ2n) is 9.46. The van der Waals surface area contributed by atoms with Gasteiger partial charge >= 0.3 is 5.97 Å². The Hall–Kier alpha value is -2.02. The van der Waals surface area contributed by atoms with Gasteiger partial charge in [-0.05, 0) is 74.8 Å². The van der Waals surface area contributed by atoms with E-state index in [4.69, 9.17) is 4.74 Å². The number of hydrogen-bond donors (Lipinski definition) is 2. The smallest absolute Gasteiger partial charge is 0.339 e. The molecule has 0 radical (unpaired) electrons. The molecule has 4 bridgehead atoms. The second kappa shape index (κ2) is 9.63. The molecule has 4 saturated carbocycles. The Morgan fingerprint density at radius 2 is 1.68 bits per heavy atom. The number of carbonyl (C=O) groups is 3. The lowest BCUT2D eigenvalue weighted by Crippen LogP contribution is -2.60. The van der Waals surface area contributed by atoms with Crippen LogP contribution in [0.5, 0.6) is 0 Å². The largest absolute Gasteiger partial charge is 0.452 e. The van der Waals surface area contributed by atoms with Crippen molar-refractivity contribution in [1.29, 1.82) is 0 Å². The van der Waals surface area contributed by atoms with Gasteiger partial charge in [-0.1, -0.05) is 19.1 Å². The van der Waals surface area contributed by atoms with Crippen molar-refractivity contribution >= 4 is 29.5 Å². The molecule has 2 amide bonds. The molecule has 0 saturated heterocycles. The number of esters is 1. The summed E-state index contributed by atoms with van der Waals surface area (Å²) in [7, 11) is 0. The first-order chi connectivity index (χ1) is 15.0. The van der Waals surface area contributed by atoms with Gasteiger partial charge in [-0.2, -0.15) is 0 Å². The van der Waals surface area contributed by atoms with Gasteiger partial charge in [-0.25, -0.2) is 4.79 Å². The van der Waals surface area contributed by atoms with Gasteiger partial charge in [0.15, 0.2) is 6.61 Å². The summed E-state index contributed by atoms with van der Waals surface area (Å²) in [6.45, 7) is 2.21. The fourth-order valence-electron chi connectivity index (χ4n) is 6.02. The molecule has 7 heteroatoms. The molecule has 0 aromatic heterocycles. The molecule has 0 heterocycles. The summed E-state index contributed by atoms with van der Waals surface area (Å²) in [5.41, 5.74) is 0.384. The van der Waals surface area contributed by atoms with E-state index in [9.17, 15) is 14.4 Å². The first-order valence-electron chi connectivity index (χ1n) is 11.4. The lowest BCUT2D eigenvalue weighted by atomic mass is 9.53. The fraction of sp³-hybridized carbons (Fsp3) is 0.625. The van der Waals surface area contributed by atoms with Crippen molar-refractivity contribution in [2.45, 2.75) is 62.3 Å². The molecule has 31 heavy (non-hydrogen) atoms. The SMILES string of the molecule is CCCNC(=O)COC(=O)c1ccccc1SCC(=O)NC12CC3CC(CC(C3)C1)C2. The zero-order valence-corrected chi connectivity index (χ0v) is 19.0. The average Bonchev–Trinajstić information content (AvgIpc) is 2.73. The maximum atomic E-state index is 12.8. The predicted molar refractivity (Wildman–Crippen MR) is 120 cm³/mol. The highest BCUT2D eigenvalue weighted by atomic mass is 32.2. The summed E-state index contributed by atoms with van der Waals surface area (Å²) in [5.74, 6) is 1.79. The first-order valence-corrected chi connectivity index (χ1v) is 12.4. The van der Waals surface area contributed by atoms with Crippen LogP contribution in [0.4, 0.5) is 0 Å². The van der Waals surface area contributed by atoms with Crippen LogP contribution in [0.15, 0.2) is 29.2 Å². The van der Waals surface area contributed by atoms with E-state index in [0.29, 0.717) is 17.0 Å². The fourth-order valence-corrected chi connectivity index (χ4v) is 6.86.